The van der Waals surface area contributed by atoms with Gasteiger partial charge in [-0.15, -0.1) is 0 Å². The molecule has 0 saturated carbocycles. The summed E-state index contributed by atoms with van der Waals surface area (Å²) in [6.45, 7) is 8.11. The van der Waals surface area contributed by atoms with Gasteiger partial charge in [-0.2, -0.15) is 5.10 Å². The van der Waals surface area contributed by atoms with Gasteiger partial charge < -0.3 is 5.32 Å². The predicted molar refractivity (Wildman–Crippen MR) is 84.9 cm³/mol. The van der Waals surface area contributed by atoms with Crippen LogP contribution in [-0.4, -0.2) is 22.9 Å². The van der Waals surface area contributed by atoms with E-state index in [2.05, 4.69) is 17.3 Å². The topological polar surface area (TPSA) is 29.9 Å². The maximum atomic E-state index is 13.6. The third kappa shape index (κ3) is 3.63. The van der Waals surface area contributed by atoms with E-state index in [0.29, 0.717) is 5.69 Å². The second kappa shape index (κ2) is 7.05. The molecule has 0 spiro atoms. The van der Waals surface area contributed by atoms with Crippen LogP contribution in [0.25, 0.3) is 5.69 Å². The summed E-state index contributed by atoms with van der Waals surface area (Å²) >= 11 is 5.73. The summed E-state index contributed by atoms with van der Waals surface area (Å²) in [6, 6.07) is 4.76. The number of aromatic nitrogens is 2. The van der Waals surface area contributed by atoms with Crippen LogP contribution in [0.2, 0.25) is 5.02 Å². The van der Waals surface area contributed by atoms with Crippen molar-refractivity contribution in [1.82, 2.24) is 15.1 Å². The quantitative estimate of drug-likeness (QED) is 0.822. The van der Waals surface area contributed by atoms with Gasteiger partial charge in [-0.05, 0) is 57.5 Å². The molecule has 0 aliphatic carbocycles. The first-order chi connectivity index (χ1) is 10.0. The Morgan fingerprint density at radius 3 is 2.71 bits per heavy atom. The van der Waals surface area contributed by atoms with E-state index < -0.39 is 5.82 Å². The molecular weight excluding hydrogens is 289 g/mol. The van der Waals surface area contributed by atoms with Crippen molar-refractivity contribution in [2.24, 2.45) is 0 Å². The molecule has 1 heterocycles. The number of nitrogens with one attached hydrogen (secondary N) is 1. The minimum Gasteiger partial charge on any atom is -0.316 e. The van der Waals surface area contributed by atoms with Crippen LogP contribution in [0.3, 0.4) is 0 Å². The van der Waals surface area contributed by atoms with Crippen molar-refractivity contribution in [1.29, 1.82) is 0 Å². The highest BCUT2D eigenvalue weighted by Gasteiger charge is 2.13. The molecule has 0 atom stereocenters. The van der Waals surface area contributed by atoms with Gasteiger partial charge in [0, 0.05) is 11.8 Å². The second-order valence-electron chi connectivity index (χ2n) is 5.16. The largest absolute Gasteiger partial charge is 0.316 e. The van der Waals surface area contributed by atoms with Gasteiger partial charge in [0.15, 0.2) is 0 Å². The zero-order chi connectivity index (χ0) is 15.4. The fourth-order valence-corrected chi connectivity index (χ4v) is 2.54. The Labute approximate surface area is 130 Å². The molecule has 0 unspecified atom stereocenters. The summed E-state index contributed by atoms with van der Waals surface area (Å²) in [5.41, 5.74) is 3.95. The Kier molecular flexibility index (Phi) is 5.37. The van der Waals surface area contributed by atoms with Gasteiger partial charge >= 0.3 is 0 Å². The molecule has 0 bridgehead atoms. The fourth-order valence-electron chi connectivity index (χ4n) is 2.42. The molecule has 0 amide bonds. The van der Waals surface area contributed by atoms with Crippen LogP contribution in [0.4, 0.5) is 4.39 Å². The lowest BCUT2D eigenvalue weighted by atomic mass is 10.1. The number of rotatable bonds is 6. The molecule has 0 aliphatic heterocycles. The Balaban J connectivity index is 2.23. The Morgan fingerprint density at radius 1 is 1.29 bits per heavy atom. The van der Waals surface area contributed by atoms with Crippen LogP contribution >= 0.6 is 11.6 Å². The van der Waals surface area contributed by atoms with Gasteiger partial charge in [-0.3, -0.25) is 0 Å². The number of hydrogen-bond acceptors (Lipinski definition) is 2. The molecule has 1 aromatic heterocycles. The van der Waals surface area contributed by atoms with Gasteiger partial charge in [0.25, 0.3) is 0 Å². The normalized spacial score (nSPS) is 11.1. The Morgan fingerprint density at radius 2 is 2.05 bits per heavy atom. The minimum atomic E-state index is -0.423. The third-order valence-electron chi connectivity index (χ3n) is 3.57. The van der Waals surface area contributed by atoms with Crippen LogP contribution in [0.15, 0.2) is 18.2 Å². The molecule has 0 aliphatic rings. The second-order valence-corrected chi connectivity index (χ2v) is 5.57. The highest BCUT2D eigenvalue weighted by atomic mass is 35.5. The number of benzene rings is 1. The molecule has 0 fully saturated rings. The zero-order valence-corrected chi connectivity index (χ0v) is 13.5. The lowest BCUT2D eigenvalue weighted by Gasteiger charge is -2.07. The van der Waals surface area contributed by atoms with E-state index in [0.717, 1.165) is 37.3 Å². The van der Waals surface area contributed by atoms with Crippen molar-refractivity contribution in [3.8, 4) is 5.69 Å². The lowest BCUT2D eigenvalue weighted by Crippen LogP contribution is -2.18. The molecule has 114 valence electrons. The van der Waals surface area contributed by atoms with Crippen LogP contribution in [0.1, 0.15) is 30.3 Å². The van der Waals surface area contributed by atoms with Gasteiger partial charge in [0.05, 0.1) is 16.4 Å². The summed E-state index contributed by atoms with van der Waals surface area (Å²) in [4.78, 5) is 0. The predicted octanol–water partition coefficient (Wildman–Crippen LogP) is 3.82. The van der Waals surface area contributed by atoms with Gasteiger partial charge in [-0.1, -0.05) is 18.5 Å². The summed E-state index contributed by atoms with van der Waals surface area (Å²) in [7, 11) is 0. The van der Waals surface area contributed by atoms with Crippen LogP contribution in [-0.2, 0) is 6.42 Å². The molecular formula is C16H21ClFN3. The standard InChI is InChI=1S/C16H21ClFN3/c1-4-8-19-9-7-14-11(2)20-21(12(14)3)13-5-6-15(17)16(18)10-13/h5-6,10,19H,4,7-9H2,1-3H3. The van der Waals surface area contributed by atoms with Crippen LogP contribution < -0.4 is 5.32 Å². The van der Waals surface area contributed by atoms with E-state index in [1.807, 2.05) is 13.8 Å². The number of aryl methyl sites for hydroxylation is 1. The van der Waals surface area contributed by atoms with Gasteiger partial charge in [-0.25, -0.2) is 9.07 Å². The van der Waals surface area contributed by atoms with E-state index in [1.165, 1.54) is 11.6 Å². The van der Waals surface area contributed by atoms with E-state index in [4.69, 9.17) is 11.6 Å². The molecule has 1 N–H and O–H groups in total. The van der Waals surface area contributed by atoms with Gasteiger partial charge in [0.2, 0.25) is 0 Å². The van der Waals surface area contributed by atoms with E-state index in [1.54, 1.807) is 16.8 Å². The van der Waals surface area contributed by atoms with E-state index in [-0.39, 0.29) is 5.02 Å². The fraction of sp³-hybridized carbons (Fsp3) is 0.438. The van der Waals surface area contributed by atoms with Crippen LogP contribution in [0, 0.1) is 19.7 Å². The van der Waals surface area contributed by atoms with E-state index in [9.17, 15) is 4.39 Å². The van der Waals surface area contributed by atoms with E-state index >= 15 is 0 Å². The summed E-state index contributed by atoms with van der Waals surface area (Å²) in [6.07, 6.45) is 2.05. The molecule has 21 heavy (non-hydrogen) atoms. The van der Waals surface area contributed by atoms with Crippen molar-refractivity contribution >= 4 is 11.6 Å². The summed E-state index contributed by atoms with van der Waals surface area (Å²) in [5, 5.41) is 8.05. The monoisotopic (exact) mass is 309 g/mol. The zero-order valence-electron chi connectivity index (χ0n) is 12.7. The summed E-state index contributed by atoms with van der Waals surface area (Å²) in [5.74, 6) is -0.423. The molecule has 3 nitrogen and oxygen atoms in total. The highest BCUT2D eigenvalue weighted by Crippen LogP contribution is 2.22. The third-order valence-corrected chi connectivity index (χ3v) is 3.87. The Bertz CT molecular complexity index is 622. The van der Waals surface area contributed by atoms with Crippen molar-refractivity contribution in [3.05, 3.63) is 46.0 Å². The first kappa shape index (κ1) is 16.0. The number of halogens is 2. The van der Waals surface area contributed by atoms with Gasteiger partial charge in [0.1, 0.15) is 5.82 Å². The smallest absolute Gasteiger partial charge is 0.143 e. The molecule has 5 heteroatoms. The molecule has 1 aromatic carbocycles. The first-order valence-corrected chi connectivity index (χ1v) is 7.63. The van der Waals surface area contributed by atoms with Crippen molar-refractivity contribution in [2.75, 3.05) is 13.1 Å². The van der Waals surface area contributed by atoms with Crippen molar-refractivity contribution in [2.45, 2.75) is 33.6 Å². The minimum absolute atomic E-state index is 0.129. The lowest BCUT2D eigenvalue weighted by molar-refractivity contribution is 0.625. The molecule has 2 rings (SSSR count). The molecule has 2 aromatic rings. The maximum absolute atomic E-state index is 13.6. The number of nitrogens with zero attached hydrogens (tertiary/aromatic N) is 2. The average Bonchev–Trinajstić information content (AvgIpc) is 2.74. The number of hydrogen-bond donors (Lipinski definition) is 1. The maximum Gasteiger partial charge on any atom is 0.143 e. The average molecular weight is 310 g/mol. The Hall–Kier alpha value is -1.39. The van der Waals surface area contributed by atoms with Crippen molar-refractivity contribution < 1.29 is 4.39 Å². The first-order valence-electron chi connectivity index (χ1n) is 7.25. The molecule has 0 saturated heterocycles. The highest BCUT2D eigenvalue weighted by molar-refractivity contribution is 6.30. The van der Waals surface area contributed by atoms with Crippen LogP contribution in [0.5, 0.6) is 0 Å². The van der Waals surface area contributed by atoms with Crippen molar-refractivity contribution in [3.63, 3.8) is 0 Å². The SMILES string of the molecule is CCCNCCc1c(C)nn(-c2ccc(Cl)c(F)c2)c1C. The summed E-state index contributed by atoms with van der Waals surface area (Å²) < 4.78 is 15.4. The molecule has 0 radical (unpaired) electrons.